The second-order valence-corrected chi connectivity index (χ2v) is 8.24. The second kappa shape index (κ2) is 8.76. The maximum absolute atomic E-state index is 11.6. The molecule has 0 spiro atoms. The van der Waals surface area contributed by atoms with Gasteiger partial charge >= 0.3 is 0 Å². The first-order valence-electron chi connectivity index (χ1n) is 10.7. The number of hydrogen-bond acceptors (Lipinski definition) is 5. The molecule has 2 heterocycles. The number of anilines is 2. The minimum atomic E-state index is 0.154. The summed E-state index contributed by atoms with van der Waals surface area (Å²) in [5, 5.41) is 3.67. The summed E-state index contributed by atoms with van der Waals surface area (Å²) < 4.78 is 0. The van der Waals surface area contributed by atoms with E-state index in [1.165, 1.54) is 0 Å². The molecule has 1 aliphatic heterocycles. The maximum atomic E-state index is 11.6. The van der Waals surface area contributed by atoms with E-state index in [9.17, 15) is 4.79 Å². The zero-order valence-electron chi connectivity index (χ0n) is 18.4. The number of hydrogen-bond donors (Lipinski definition) is 1. The third kappa shape index (κ3) is 4.38. The van der Waals surface area contributed by atoms with Crippen molar-refractivity contribution in [3.05, 3.63) is 54.9 Å². The van der Waals surface area contributed by atoms with Crippen LogP contribution in [0.1, 0.15) is 25.3 Å². The van der Waals surface area contributed by atoms with Gasteiger partial charge in [0, 0.05) is 69.5 Å². The van der Waals surface area contributed by atoms with Crippen molar-refractivity contribution in [2.24, 2.45) is 0 Å². The van der Waals surface area contributed by atoms with Crippen LogP contribution >= 0.6 is 0 Å². The zero-order valence-corrected chi connectivity index (χ0v) is 18.4. The van der Waals surface area contributed by atoms with Crippen molar-refractivity contribution in [1.82, 2.24) is 14.9 Å². The predicted molar refractivity (Wildman–Crippen MR) is 128 cm³/mol. The van der Waals surface area contributed by atoms with Crippen LogP contribution < -0.4 is 10.2 Å². The Labute approximate surface area is 183 Å². The summed E-state index contributed by atoms with van der Waals surface area (Å²) in [4.78, 5) is 24.8. The molecule has 0 radical (unpaired) electrons. The number of piperidine rings is 1. The lowest BCUT2D eigenvalue weighted by atomic mass is 9.98. The highest BCUT2D eigenvalue weighted by Gasteiger charge is 2.21. The number of carbonyl (C=O) groups is 1. The fourth-order valence-electron chi connectivity index (χ4n) is 4.22. The fourth-order valence-corrected chi connectivity index (χ4v) is 4.22. The molecule has 160 valence electrons. The number of nitrogens with zero attached hydrogens (tertiary/aromatic N) is 4. The van der Waals surface area contributed by atoms with E-state index in [-0.39, 0.29) is 5.91 Å². The molecule has 4 rings (SSSR count). The Hall–Kier alpha value is -3.41. The number of fused-ring (bicyclic) bond motifs is 1. The topological polar surface area (TPSA) is 61.4 Å². The molecule has 0 aliphatic carbocycles. The number of likely N-dealkylation sites (tertiary alicyclic amines) is 1. The summed E-state index contributed by atoms with van der Waals surface area (Å²) in [6, 6.07) is 10.9. The molecule has 2 aromatic carbocycles. The number of aromatic nitrogens is 2. The quantitative estimate of drug-likeness (QED) is 0.668. The Balaban J connectivity index is 1.70. The average Bonchev–Trinajstić information content (AvgIpc) is 2.78. The van der Waals surface area contributed by atoms with E-state index >= 15 is 0 Å². The summed E-state index contributed by atoms with van der Waals surface area (Å²) in [5.74, 6) is 0.154. The van der Waals surface area contributed by atoms with Crippen LogP contribution in [0.3, 0.4) is 0 Å². The third-order valence-corrected chi connectivity index (χ3v) is 5.93. The third-order valence-electron chi connectivity index (χ3n) is 5.93. The van der Waals surface area contributed by atoms with Gasteiger partial charge in [0.1, 0.15) is 0 Å². The number of rotatable bonds is 5. The lowest BCUT2D eigenvalue weighted by Gasteiger charge is -2.32. The first-order chi connectivity index (χ1) is 15.0. The van der Waals surface area contributed by atoms with Crippen LogP contribution in [0, 0.1) is 0 Å². The Morgan fingerprint density at radius 2 is 1.90 bits per heavy atom. The van der Waals surface area contributed by atoms with Crippen LogP contribution in [0.15, 0.2) is 49.3 Å². The number of amides is 1. The molecule has 1 amide bonds. The van der Waals surface area contributed by atoms with E-state index in [0.717, 1.165) is 65.0 Å². The molecule has 1 saturated heterocycles. The van der Waals surface area contributed by atoms with Gasteiger partial charge in [0.25, 0.3) is 0 Å². The largest absolute Gasteiger partial charge is 0.382 e. The molecule has 1 N–H and O–H groups in total. The summed E-state index contributed by atoms with van der Waals surface area (Å²) in [6.07, 6.45) is 7.22. The molecule has 0 atom stereocenters. The SMILES string of the molecule is C=Cc1ccc(-c2cc(NC3CCN(C(C)=O)CC3)cc3nccnc23)cc1N(C)C. The zero-order chi connectivity index (χ0) is 22.0. The van der Waals surface area contributed by atoms with Crippen molar-refractivity contribution in [2.45, 2.75) is 25.8 Å². The highest BCUT2D eigenvalue weighted by molar-refractivity contribution is 5.95. The van der Waals surface area contributed by atoms with Crippen LogP contribution in [0.25, 0.3) is 28.2 Å². The first kappa shape index (κ1) is 20.8. The van der Waals surface area contributed by atoms with Crippen LogP contribution in [-0.4, -0.2) is 54.0 Å². The van der Waals surface area contributed by atoms with Crippen LogP contribution in [0.4, 0.5) is 11.4 Å². The average molecular weight is 416 g/mol. The second-order valence-electron chi connectivity index (χ2n) is 8.24. The van der Waals surface area contributed by atoms with E-state index in [0.29, 0.717) is 6.04 Å². The van der Waals surface area contributed by atoms with Crippen molar-refractivity contribution in [1.29, 1.82) is 0 Å². The summed E-state index contributed by atoms with van der Waals surface area (Å²) in [6.45, 7) is 7.17. The highest BCUT2D eigenvalue weighted by Crippen LogP contribution is 2.34. The monoisotopic (exact) mass is 415 g/mol. The van der Waals surface area contributed by atoms with Crippen molar-refractivity contribution >= 4 is 34.4 Å². The lowest BCUT2D eigenvalue weighted by molar-refractivity contribution is -0.129. The minimum Gasteiger partial charge on any atom is -0.382 e. The van der Waals surface area contributed by atoms with Gasteiger partial charge in [0.15, 0.2) is 0 Å². The maximum Gasteiger partial charge on any atom is 0.219 e. The molecule has 1 aliphatic rings. The molecule has 0 saturated carbocycles. The molecule has 31 heavy (non-hydrogen) atoms. The number of benzene rings is 2. The van der Waals surface area contributed by atoms with Gasteiger partial charge < -0.3 is 15.1 Å². The van der Waals surface area contributed by atoms with E-state index in [1.54, 1.807) is 19.3 Å². The number of nitrogens with one attached hydrogen (secondary N) is 1. The van der Waals surface area contributed by atoms with Gasteiger partial charge in [0.05, 0.1) is 11.0 Å². The molecule has 6 heteroatoms. The molecule has 1 fully saturated rings. The lowest BCUT2D eigenvalue weighted by Crippen LogP contribution is -2.41. The van der Waals surface area contributed by atoms with Gasteiger partial charge in [0.2, 0.25) is 5.91 Å². The molecule has 1 aromatic heterocycles. The first-order valence-corrected chi connectivity index (χ1v) is 10.7. The van der Waals surface area contributed by atoms with E-state index in [1.807, 2.05) is 25.1 Å². The Morgan fingerprint density at radius 1 is 1.16 bits per heavy atom. The van der Waals surface area contributed by atoms with Crippen molar-refractivity contribution in [2.75, 3.05) is 37.4 Å². The molecule has 0 unspecified atom stereocenters. The van der Waals surface area contributed by atoms with Gasteiger partial charge in [-0.05, 0) is 42.2 Å². The molecule has 3 aromatic rings. The molecular formula is C25H29N5O. The van der Waals surface area contributed by atoms with Gasteiger partial charge in [-0.25, -0.2) is 0 Å². The standard InChI is InChI=1S/C25H29N5O/c1-5-18-6-7-19(14-24(18)29(3)4)22-15-21(16-23-25(22)27-11-10-26-23)28-20-8-12-30(13-9-20)17(2)31/h5-7,10-11,14-16,20,28H,1,8-9,12-13H2,2-4H3. The Kier molecular flexibility index (Phi) is 5.89. The Bertz CT molecular complexity index is 1120. The van der Waals surface area contributed by atoms with Crippen molar-refractivity contribution in [3.8, 4) is 11.1 Å². The van der Waals surface area contributed by atoms with Crippen LogP contribution in [-0.2, 0) is 4.79 Å². The highest BCUT2D eigenvalue weighted by atomic mass is 16.2. The predicted octanol–water partition coefficient (Wildman–Crippen LogP) is 4.43. The minimum absolute atomic E-state index is 0.154. The summed E-state index contributed by atoms with van der Waals surface area (Å²) >= 11 is 0. The fraction of sp³-hybridized carbons (Fsp3) is 0.320. The summed E-state index contributed by atoms with van der Waals surface area (Å²) in [7, 11) is 4.07. The summed E-state index contributed by atoms with van der Waals surface area (Å²) in [5.41, 5.74) is 7.12. The van der Waals surface area contributed by atoms with Gasteiger partial charge in [-0.15, -0.1) is 0 Å². The van der Waals surface area contributed by atoms with E-state index in [2.05, 4.69) is 57.1 Å². The molecule has 6 nitrogen and oxygen atoms in total. The van der Waals surface area contributed by atoms with E-state index < -0.39 is 0 Å². The molecule has 0 bridgehead atoms. The van der Waals surface area contributed by atoms with Gasteiger partial charge in [-0.1, -0.05) is 24.8 Å². The van der Waals surface area contributed by atoms with Crippen molar-refractivity contribution < 1.29 is 4.79 Å². The van der Waals surface area contributed by atoms with Crippen molar-refractivity contribution in [3.63, 3.8) is 0 Å². The van der Waals surface area contributed by atoms with Gasteiger partial charge in [-0.3, -0.25) is 14.8 Å². The smallest absolute Gasteiger partial charge is 0.219 e. The normalized spacial score (nSPS) is 14.5. The Morgan fingerprint density at radius 3 is 2.58 bits per heavy atom. The van der Waals surface area contributed by atoms with E-state index in [4.69, 9.17) is 0 Å². The van der Waals surface area contributed by atoms with Gasteiger partial charge in [-0.2, -0.15) is 0 Å². The van der Waals surface area contributed by atoms with Crippen LogP contribution in [0.5, 0.6) is 0 Å². The van der Waals surface area contributed by atoms with Crippen LogP contribution in [0.2, 0.25) is 0 Å². The number of carbonyl (C=O) groups excluding carboxylic acids is 1. The molecular weight excluding hydrogens is 386 g/mol.